The lowest BCUT2D eigenvalue weighted by molar-refractivity contribution is -0.384. The Labute approximate surface area is 113 Å². The van der Waals surface area contributed by atoms with Crippen LogP contribution in [0.25, 0.3) is 0 Å². The Morgan fingerprint density at radius 2 is 1.95 bits per heavy atom. The van der Waals surface area contributed by atoms with Gasteiger partial charge in [-0.2, -0.15) is 5.26 Å². The standard InChI is InChI=1S/C13H9FN4O2/c14-9-1-3-12(8(5-9)7-15)17-13-4-2-10(18(19)20)6-11(13)16/h1-6,17H,16H2. The Morgan fingerprint density at radius 1 is 1.25 bits per heavy atom. The molecule has 0 aliphatic rings. The lowest BCUT2D eigenvalue weighted by Crippen LogP contribution is -1.99. The van der Waals surface area contributed by atoms with Gasteiger partial charge in [0, 0.05) is 12.1 Å². The molecule has 0 saturated heterocycles. The van der Waals surface area contributed by atoms with Crippen LogP contribution in [0.2, 0.25) is 0 Å². The first-order valence-corrected chi connectivity index (χ1v) is 5.52. The topological polar surface area (TPSA) is 105 Å². The molecule has 0 spiro atoms. The van der Waals surface area contributed by atoms with Gasteiger partial charge in [-0.05, 0) is 24.3 Å². The number of non-ortho nitro benzene ring substituents is 1. The van der Waals surface area contributed by atoms with E-state index in [0.717, 1.165) is 6.07 Å². The number of nitrogens with one attached hydrogen (secondary N) is 1. The van der Waals surface area contributed by atoms with E-state index in [1.54, 1.807) is 0 Å². The maximum absolute atomic E-state index is 13.0. The molecule has 2 aromatic rings. The molecular weight excluding hydrogens is 263 g/mol. The quantitative estimate of drug-likeness (QED) is 0.507. The Hall–Kier alpha value is -3.14. The fraction of sp³-hybridized carbons (Fsp3) is 0. The van der Waals surface area contributed by atoms with Gasteiger partial charge < -0.3 is 11.1 Å². The molecule has 0 saturated carbocycles. The fourth-order valence-electron chi connectivity index (χ4n) is 1.64. The second-order valence-corrected chi connectivity index (χ2v) is 3.96. The molecule has 2 rings (SSSR count). The summed E-state index contributed by atoms with van der Waals surface area (Å²) in [6.07, 6.45) is 0. The van der Waals surface area contributed by atoms with Crippen LogP contribution in [0.5, 0.6) is 0 Å². The highest BCUT2D eigenvalue weighted by atomic mass is 19.1. The Balaban J connectivity index is 2.36. The lowest BCUT2D eigenvalue weighted by atomic mass is 10.1. The van der Waals surface area contributed by atoms with Crippen molar-refractivity contribution in [2.24, 2.45) is 0 Å². The summed E-state index contributed by atoms with van der Waals surface area (Å²) < 4.78 is 13.0. The number of nitrogens with zero attached hydrogens (tertiary/aromatic N) is 2. The van der Waals surface area contributed by atoms with E-state index in [1.165, 1.54) is 30.3 Å². The van der Waals surface area contributed by atoms with Crippen LogP contribution < -0.4 is 11.1 Å². The average molecular weight is 272 g/mol. The summed E-state index contributed by atoms with van der Waals surface area (Å²) in [6.45, 7) is 0. The van der Waals surface area contributed by atoms with Crippen LogP contribution in [-0.2, 0) is 0 Å². The summed E-state index contributed by atoms with van der Waals surface area (Å²) >= 11 is 0. The number of benzene rings is 2. The molecular formula is C13H9FN4O2. The van der Waals surface area contributed by atoms with Crippen LogP contribution >= 0.6 is 0 Å². The van der Waals surface area contributed by atoms with Crippen LogP contribution in [0.1, 0.15) is 5.56 Å². The third-order valence-corrected chi connectivity index (χ3v) is 2.62. The van der Waals surface area contributed by atoms with Gasteiger partial charge in [-0.25, -0.2) is 4.39 Å². The van der Waals surface area contributed by atoms with Gasteiger partial charge in [-0.1, -0.05) is 0 Å². The zero-order valence-electron chi connectivity index (χ0n) is 10.1. The van der Waals surface area contributed by atoms with Crippen molar-refractivity contribution in [2.75, 3.05) is 11.1 Å². The van der Waals surface area contributed by atoms with Crippen molar-refractivity contribution in [1.29, 1.82) is 5.26 Å². The summed E-state index contributed by atoms with van der Waals surface area (Å²) in [5, 5.41) is 22.4. The summed E-state index contributed by atoms with van der Waals surface area (Å²) in [6, 6.07) is 9.46. The lowest BCUT2D eigenvalue weighted by Gasteiger charge is -2.10. The molecule has 2 aromatic carbocycles. The molecule has 0 atom stereocenters. The molecule has 0 aliphatic heterocycles. The second-order valence-electron chi connectivity index (χ2n) is 3.96. The SMILES string of the molecule is N#Cc1cc(F)ccc1Nc1ccc([N+](=O)[O-])cc1N. The van der Waals surface area contributed by atoms with Crippen LogP contribution in [0.3, 0.4) is 0 Å². The summed E-state index contributed by atoms with van der Waals surface area (Å²) in [4.78, 5) is 10.0. The normalized spacial score (nSPS) is 9.80. The predicted octanol–water partition coefficient (Wildman–Crippen LogP) is 2.93. The van der Waals surface area contributed by atoms with Gasteiger partial charge >= 0.3 is 0 Å². The van der Waals surface area contributed by atoms with Crippen molar-refractivity contribution in [3.8, 4) is 6.07 Å². The van der Waals surface area contributed by atoms with Crippen molar-refractivity contribution in [3.05, 3.63) is 57.9 Å². The zero-order valence-corrected chi connectivity index (χ0v) is 10.1. The predicted molar refractivity (Wildman–Crippen MR) is 71.9 cm³/mol. The number of nitro benzene ring substituents is 1. The van der Waals surface area contributed by atoms with Gasteiger partial charge in [-0.3, -0.25) is 10.1 Å². The maximum Gasteiger partial charge on any atom is 0.271 e. The van der Waals surface area contributed by atoms with Crippen LogP contribution in [-0.4, -0.2) is 4.92 Å². The van der Waals surface area contributed by atoms with Gasteiger partial charge in [0.1, 0.15) is 11.9 Å². The highest BCUT2D eigenvalue weighted by Crippen LogP contribution is 2.28. The number of anilines is 3. The minimum Gasteiger partial charge on any atom is -0.397 e. The number of nitrogens with two attached hydrogens (primary N) is 1. The van der Waals surface area contributed by atoms with E-state index >= 15 is 0 Å². The van der Waals surface area contributed by atoms with Crippen molar-refractivity contribution in [2.45, 2.75) is 0 Å². The van der Waals surface area contributed by atoms with Gasteiger partial charge in [0.25, 0.3) is 5.69 Å². The molecule has 20 heavy (non-hydrogen) atoms. The number of nitriles is 1. The molecule has 0 amide bonds. The third kappa shape index (κ3) is 2.64. The number of rotatable bonds is 3. The monoisotopic (exact) mass is 272 g/mol. The first kappa shape index (κ1) is 13.3. The molecule has 0 aliphatic carbocycles. The Bertz CT molecular complexity index is 725. The van der Waals surface area contributed by atoms with E-state index in [0.29, 0.717) is 11.4 Å². The smallest absolute Gasteiger partial charge is 0.271 e. The minimum atomic E-state index is -0.557. The molecule has 0 fully saturated rings. The number of hydrogen-bond donors (Lipinski definition) is 2. The van der Waals surface area contributed by atoms with Crippen LogP contribution in [0, 0.1) is 27.3 Å². The molecule has 3 N–H and O–H groups in total. The van der Waals surface area contributed by atoms with E-state index in [1.807, 2.05) is 6.07 Å². The van der Waals surface area contributed by atoms with Crippen LogP contribution in [0.15, 0.2) is 36.4 Å². The number of hydrogen-bond acceptors (Lipinski definition) is 5. The number of nitrogen functional groups attached to an aromatic ring is 1. The van der Waals surface area contributed by atoms with Crippen molar-refractivity contribution >= 4 is 22.7 Å². The fourth-order valence-corrected chi connectivity index (χ4v) is 1.64. The Morgan fingerprint density at radius 3 is 2.55 bits per heavy atom. The van der Waals surface area contributed by atoms with Crippen molar-refractivity contribution in [3.63, 3.8) is 0 Å². The van der Waals surface area contributed by atoms with E-state index in [2.05, 4.69) is 5.32 Å². The van der Waals surface area contributed by atoms with Crippen LogP contribution in [0.4, 0.5) is 27.1 Å². The van der Waals surface area contributed by atoms with E-state index in [-0.39, 0.29) is 16.9 Å². The highest BCUT2D eigenvalue weighted by Gasteiger charge is 2.10. The molecule has 6 nitrogen and oxygen atoms in total. The molecule has 0 heterocycles. The molecule has 0 aromatic heterocycles. The number of nitro groups is 1. The zero-order chi connectivity index (χ0) is 14.7. The molecule has 0 unspecified atom stereocenters. The summed E-state index contributed by atoms with van der Waals surface area (Å²) in [5.74, 6) is -0.524. The van der Waals surface area contributed by atoms with Gasteiger partial charge in [0.15, 0.2) is 0 Å². The maximum atomic E-state index is 13.0. The number of halogens is 1. The summed E-state index contributed by atoms with van der Waals surface area (Å²) in [7, 11) is 0. The van der Waals surface area contributed by atoms with E-state index in [9.17, 15) is 14.5 Å². The minimum absolute atomic E-state index is 0.114. The van der Waals surface area contributed by atoms with E-state index < -0.39 is 10.7 Å². The summed E-state index contributed by atoms with van der Waals surface area (Å²) in [5.41, 5.74) is 6.62. The average Bonchev–Trinajstić information content (AvgIpc) is 2.42. The van der Waals surface area contributed by atoms with Gasteiger partial charge in [-0.15, -0.1) is 0 Å². The van der Waals surface area contributed by atoms with Gasteiger partial charge in [0.05, 0.1) is 27.5 Å². The largest absolute Gasteiger partial charge is 0.397 e. The second kappa shape index (κ2) is 5.24. The van der Waals surface area contributed by atoms with Gasteiger partial charge in [0.2, 0.25) is 0 Å². The molecule has 7 heteroatoms. The first-order chi connectivity index (χ1) is 9.51. The van der Waals surface area contributed by atoms with Crippen molar-refractivity contribution in [1.82, 2.24) is 0 Å². The van der Waals surface area contributed by atoms with Crippen molar-refractivity contribution < 1.29 is 9.31 Å². The molecule has 0 bridgehead atoms. The highest BCUT2D eigenvalue weighted by molar-refractivity contribution is 5.76. The Kier molecular flexibility index (Phi) is 3.48. The molecule has 0 radical (unpaired) electrons. The first-order valence-electron chi connectivity index (χ1n) is 5.52. The molecule has 100 valence electrons. The third-order valence-electron chi connectivity index (χ3n) is 2.62. The van der Waals surface area contributed by atoms with E-state index in [4.69, 9.17) is 11.0 Å².